The first-order valence-corrected chi connectivity index (χ1v) is 6.80. The second-order valence-corrected chi connectivity index (χ2v) is 5.49. The zero-order valence-electron chi connectivity index (χ0n) is 7.78. The summed E-state index contributed by atoms with van der Waals surface area (Å²) in [7, 11) is -8.14. The van der Waals surface area contributed by atoms with E-state index in [0.29, 0.717) is 0 Å². The number of benzene rings is 1. The van der Waals surface area contributed by atoms with Crippen LogP contribution < -0.4 is 15.4 Å². The molecule has 0 saturated carbocycles. The Morgan fingerprint density at radius 3 is 1.94 bits per heavy atom. The van der Waals surface area contributed by atoms with Gasteiger partial charge in [0.15, 0.2) is 0 Å². The molecular weight excluding hydrogens is 258 g/mol. The van der Waals surface area contributed by atoms with Crippen molar-refractivity contribution in [2.75, 3.05) is 5.43 Å². The first-order chi connectivity index (χ1) is 7.18. The van der Waals surface area contributed by atoms with Crippen molar-refractivity contribution in [2.24, 2.45) is 5.14 Å². The third-order valence-electron chi connectivity index (χ3n) is 1.51. The Labute approximate surface area is 92.4 Å². The van der Waals surface area contributed by atoms with Crippen LogP contribution in [0.4, 0.5) is 5.69 Å². The Hall–Kier alpha value is -1.20. The van der Waals surface area contributed by atoms with Crippen molar-refractivity contribution >= 4 is 26.0 Å². The van der Waals surface area contributed by atoms with Gasteiger partial charge in [-0.3, -0.25) is 4.55 Å². The predicted octanol–water partition coefficient (Wildman–Crippen LogP) is -0.947. The monoisotopic (exact) mass is 267 g/mol. The van der Waals surface area contributed by atoms with E-state index in [-0.39, 0.29) is 10.6 Å². The van der Waals surface area contributed by atoms with E-state index in [2.05, 4.69) is 5.43 Å². The smallest absolute Gasteiger partial charge is 0.306 e. The number of hydrazine groups is 1. The van der Waals surface area contributed by atoms with Crippen LogP contribution in [-0.2, 0) is 20.3 Å². The van der Waals surface area contributed by atoms with E-state index in [1.807, 2.05) is 0 Å². The summed E-state index contributed by atoms with van der Waals surface area (Å²) < 4.78 is 50.7. The summed E-state index contributed by atoms with van der Waals surface area (Å²) in [4.78, 5) is 1.49. The minimum Gasteiger partial charge on any atom is -0.306 e. The fourth-order valence-electron chi connectivity index (χ4n) is 0.851. The Morgan fingerprint density at radius 2 is 1.56 bits per heavy atom. The van der Waals surface area contributed by atoms with Gasteiger partial charge in [-0.1, -0.05) is 0 Å². The maximum Gasteiger partial charge on any atom is 0.350 e. The third kappa shape index (κ3) is 4.12. The maximum atomic E-state index is 10.9. The van der Waals surface area contributed by atoms with Gasteiger partial charge in [-0.15, -0.1) is 4.83 Å². The minimum atomic E-state index is -4.36. The molecule has 1 rings (SSSR count). The third-order valence-corrected chi connectivity index (χ3v) is 2.80. The lowest BCUT2D eigenvalue weighted by atomic mass is 10.3. The molecule has 0 aliphatic carbocycles. The lowest BCUT2D eigenvalue weighted by Gasteiger charge is -2.05. The van der Waals surface area contributed by atoms with Crippen LogP contribution in [-0.4, -0.2) is 21.4 Å². The van der Waals surface area contributed by atoms with E-state index in [9.17, 15) is 16.8 Å². The molecule has 0 fully saturated rings. The van der Waals surface area contributed by atoms with E-state index in [1.165, 1.54) is 24.3 Å². The van der Waals surface area contributed by atoms with E-state index in [4.69, 9.17) is 9.69 Å². The van der Waals surface area contributed by atoms with Crippen LogP contribution in [0.1, 0.15) is 0 Å². The zero-order chi connectivity index (χ0) is 12.4. The lowest BCUT2D eigenvalue weighted by molar-refractivity contribution is 0.473. The first kappa shape index (κ1) is 12.9. The molecule has 5 N–H and O–H groups in total. The highest BCUT2D eigenvalue weighted by Gasteiger charge is 2.07. The molecule has 90 valence electrons. The first-order valence-electron chi connectivity index (χ1n) is 3.81. The summed E-state index contributed by atoms with van der Waals surface area (Å²) in [5.41, 5.74) is 2.38. The van der Waals surface area contributed by atoms with Crippen LogP contribution in [0.25, 0.3) is 0 Å². The van der Waals surface area contributed by atoms with E-state index in [1.54, 1.807) is 4.83 Å². The van der Waals surface area contributed by atoms with Gasteiger partial charge in [0, 0.05) is 5.69 Å². The van der Waals surface area contributed by atoms with Crippen molar-refractivity contribution in [3.8, 4) is 0 Å². The number of rotatable bonds is 4. The van der Waals surface area contributed by atoms with Crippen LogP contribution in [0, 0.1) is 0 Å². The molecule has 1 aromatic rings. The molecule has 0 heterocycles. The highest BCUT2D eigenvalue weighted by Crippen LogP contribution is 2.11. The van der Waals surface area contributed by atoms with Crippen LogP contribution in [0.15, 0.2) is 29.2 Å². The van der Waals surface area contributed by atoms with Crippen molar-refractivity contribution in [3.63, 3.8) is 0 Å². The van der Waals surface area contributed by atoms with Gasteiger partial charge < -0.3 is 5.43 Å². The summed E-state index contributed by atoms with van der Waals surface area (Å²) in [6.45, 7) is 0. The molecule has 0 spiro atoms. The molecule has 0 bridgehead atoms. The maximum absolute atomic E-state index is 10.9. The molecule has 0 aliphatic heterocycles. The Balaban J connectivity index is 2.81. The summed E-state index contributed by atoms with van der Waals surface area (Å²) >= 11 is 0. The second kappa shape index (κ2) is 4.35. The molecule has 0 atom stereocenters. The van der Waals surface area contributed by atoms with Gasteiger partial charge in [0.1, 0.15) is 0 Å². The highest BCUT2D eigenvalue weighted by atomic mass is 32.2. The van der Waals surface area contributed by atoms with Crippen LogP contribution in [0.5, 0.6) is 0 Å². The number of primary sulfonamides is 1. The summed E-state index contributed by atoms with van der Waals surface area (Å²) in [5, 5.41) is 4.85. The van der Waals surface area contributed by atoms with Gasteiger partial charge in [-0.2, -0.15) is 8.42 Å². The number of sulfonamides is 1. The average molecular weight is 267 g/mol. The molecule has 10 heteroatoms. The standard InChI is InChI=1S/C6H9N3O5S2/c7-15(10,11)6-3-1-5(2-4-6)8-9-16(12,13)14/h1-4,8-9H,(H2,7,10,11)(H,12,13,14). The zero-order valence-corrected chi connectivity index (χ0v) is 9.42. The van der Waals surface area contributed by atoms with E-state index < -0.39 is 20.3 Å². The number of nitrogens with two attached hydrogens (primary N) is 1. The fourth-order valence-corrected chi connectivity index (χ4v) is 1.61. The van der Waals surface area contributed by atoms with Gasteiger partial charge in [0.2, 0.25) is 10.0 Å². The summed E-state index contributed by atoms with van der Waals surface area (Å²) in [6.07, 6.45) is 0. The van der Waals surface area contributed by atoms with Gasteiger partial charge in [-0.05, 0) is 24.3 Å². The normalized spacial score (nSPS) is 12.4. The molecule has 16 heavy (non-hydrogen) atoms. The quantitative estimate of drug-likeness (QED) is 0.410. The van der Waals surface area contributed by atoms with Gasteiger partial charge >= 0.3 is 10.3 Å². The number of nitrogens with one attached hydrogen (secondary N) is 2. The van der Waals surface area contributed by atoms with Crippen molar-refractivity contribution in [2.45, 2.75) is 4.90 Å². The predicted molar refractivity (Wildman–Crippen MR) is 56.1 cm³/mol. The fraction of sp³-hybridized carbons (Fsp3) is 0. The highest BCUT2D eigenvalue weighted by molar-refractivity contribution is 7.89. The molecular formula is C6H9N3O5S2. The number of anilines is 1. The summed E-state index contributed by atoms with van der Waals surface area (Å²) in [5.74, 6) is 0. The van der Waals surface area contributed by atoms with Crippen molar-refractivity contribution in [3.05, 3.63) is 24.3 Å². The average Bonchev–Trinajstić information content (AvgIpc) is 2.13. The summed E-state index contributed by atoms with van der Waals surface area (Å²) in [6, 6.07) is 4.92. The van der Waals surface area contributed by atoms with E-state index in [0.717, 1.165) is 0 Å². The van der Waals surface area contributed by atoms with Crippen LogP contribution in [0.3, 0.4) is 0 Å². The Morgan fingerprint density at radius 1 is 1.06 bits per heavy atom. The van der Waals surface area contributed by atoms with E-state index >= 15 is 0 Å². The number of hydrogen-bond acceptors (Lipinski definition) is 5. The molecule has 0 unspecified atom stereocenters. The SMILES string of the molecule is NS(=O)(=O)c1ccc(NNS(=O)(=O)O)cc1. The molecule has 0 aliphatic rings. The van der Waals surface area contributed by atoms with Gasteiger partial charge in [0.25, 0.3) is 0 Å². The minimum absolute atomic E-state index is 0.107. The van der Waals surface area contributed by atoms with Crippen LogP contribution in [0.2, 0.25) is 0 Å². The van der Waals surface area contributed by atoms with Gasteiger partial charge in [-0.25, -0.2) is 13.6 Å². The molecule has 0 aromatic heterocycles. The number of hydrogen-bond donors (Lipinski definition) is 4. The van der Waals surface area contributed by atoms with Crippen LogP contribution >= 0.6 is 0 Å². The molecule has 0 amide bonds. The molecule has 0 radical (unpaired) electrons. The lowest BCUT2D eigenvalue weighted by Crippen LogP contribution is -2.28. The van der Waals surface area contributed by atoms with Crippen molar-refractivity contribution in [1.82, 2.24) is 4.83 Å². The van der Waals surface area contributed by atoms with Gasteiger partial charge in [0.05, 0.1) is 4.90 Å². The topological polar surface area (TPSA) is 139 Å². The molecule has 8 nitrogen and oxygen atoms in total. The second-order valence-electron chi connectivity index (χ2n) is 2.77. The van der Waals surface area contributed by atoms with Crippen molar-refractivity contribution < 1.29 is 21.4 Å². The largest absolute Gasteiger partial charge is 0.350 e. The molecule has 0 saturated heterocycles. The van der Waals surface area contributed by atoms with Crippen molar-refractivity contribution in [1.29, 1.82) is 0 Å². The Bertz CT molecular complexity index is 563. The molecule has 1 aromatic carbocycles. The Kier molecular flexibility index (Phi) is 3.50.